The molecule has 1 rings (SSSR count). The fourth-order valence-corrected chi connectivity index (χ4v) is 0.796. The summed E-state index contributed by atoms with van der Waals surface area (Å²) in [4.78, 5) is 4.02. The Balaban J connectivity index is 2.86. The average Bonchev–Trinajstić information content (AvgIpc) is 2.03. The Bertz CT molecular complexity index is 236. The molecule has 0 unspecified atom stereocenters. The second kappa shape index (κ2) is 3.32. The van der Waals surface area contributed by atoms with Crippen LogP contribution in [0.1, 0.15) is 11.7 Å². The van der Waals surface area contributed by atoms with E-state index in [0.29, 0.717) is 12.4 Å². The Kier molecular flexibility index (Phi) is 2.40. The van der Waals surface area contributed by atoms with Gasteiger partial charge in [0.1, 0.15) is 5.82 Å². The molecular weight excluding hydrogens is 140 g/mol. The van der Waals surface area contributed by atoms with Gasteiger partial charge in [-0.25, -0.2) is 4.98 Å². The molecular formula is C7H12N4. The molecule has 1 aromatic heterocycles. The van der Waals surface area contributed by atoms with E-state index < -0.39 is 0 Å². The molecule has 0 radical (unpaired) electrons. The minimum Gasteiger partial charge on any atom is -0.384 e. The summed E-state index contributed by atoms with van der Waals surface area (Å²) in [6.45, 7) is 0.385. The van der Waals surface area contributed by atoms with E-state index in [1.807, 2.05) is 12.1 Å². The first-order valence-corrected chi connectivity index (χ1v) is 3.42. The number of rotatable bonds is 2. The predicted octanol–water partition coefficient (Wildman–Crippen LogP) is -0.378. The van der Waals surface area contributed by atoms with Crippen LogP contribution in [0.15, 0.2) is 18.2 Å². The van der Waals surface area contributed by atoms with Crippen molar-refractivity contribution in [3.8, 4) is 0 Å². The number of nitrogen functional groups attached to an aromatic ring is 1. The van der Waals surface area contributed by atoms with E-state index in [1.54, 1.807) is 6.07 Å². The summed E-state index contributed by atoms with van der Waals surface area (Å²) in [6, 6.07) is 5.13. The van der Waals surface area contributed by atoms with Crippen molar-refractivity contribution in [2.24, 2.45) is 11.5 Å². The van der Waals surface area contributed by atoms with Crippen molar-refractivity contribution in [1.29, 1.82) is 0 Å². The van der Waals surface area contributed by atoms with E-state index >= 15 is 0 Å². The zero-order valence-electron chi connectivity index (χ0n) is 6.20. The van der Waals surface area contributed by atoms with Gasteiger partial charge in [-0.05, 0) is 12.1 Å². The molecule has 0 aromatic carbocycles. The van der Waals surface area contributed by atoms with Crippen LogP contribution < -0.4 is 17.2 Å². The van der Waals surface area contributed by atoms with Gasteiger partial charge in [0.2, 0.25) is 0 Å². The fraction of sp³-hybridized carbons (Fsp3) is 0.286. The van der Waals surface area contributed by atoms with Crippen LogP contribution >= 0.6 is 0 Å². The molecule has 0 saturated carbocycles. The van der Waals surface area contributed by atoms with Crippen molar-refractivity contribution < 1.29 is 0 Å². The van der Waals surface area contributed by atoms with Crippen molar-refractivity contribution in [3.05, 3.63) is 23.9 Å². The van der Waals surface area contributed by atoms with Gasteiger partial charge in [0.25, 0.3) is 0 Å². The summed E-state index contributed by atoms with van der Waals surface area (Å²) >= 11 is 0. The Morgan fingerprint density at radius 2 is 2.18 bits per heavy atom. The summed E-state index contributed by atoms with van der Waals surface area (Å²) in [5.74, 6) is 0.478. The zero-order chi connectivity index (χ0) is 8.27. The minimum atomic E-state index is -0.210. The number of nitrogens with zero attached hydrogens (tertiary/aromatic N) is 1. The largest absolute Gasteiger partial charge is 0.384 e. The molecule has 0 saturated heterocycles. The number of nitrogens with two attached hydrogens (primary N) is 3. The van der Waals surface area contributed by atoms with E-state index in [1.165, 1.54) is 0 Å². The lowest BCUT2D eigenvalue weighted by molar-refractivity contribution is 0.712. The molecule has 0 fully saturated rings. The normalized spacial score (nSPS) is 12.9. The summed E-state index contributed by atoms with van der Waals surface area (Å²) < 4.78 is 0. The first-order chi connectivity index (χ1) is 5.24. The lowest BCUT2D eigenvalue weighted by atomic mass is 10.2. The molecule has 0 aliphatic carbocycles. The van der Waals surface area contributed by atoms with Gasteiger partial charge in [-0.3, -0.25) is 0 Å². The van der Waals surface area contributed by atoms with Crippen LogP contribution in [0.5, 0.6) is 0 Å². The van der Waals surface area contributed by atoms with E-state index in [-0.39, 0.29) is 6.04 Å². The quantitative estimate of drug-likeness (QED) is 0.539. The van der Waals surface area contributed by atoms with Gasteiger partial charge in [0, 0.05) is 6.54 Å². The maximum atomic E-state index is 5.62. The number of hydrogen-bond acceptors (Lipinski definition) is 4. The van der Waals surface area contributed by atoms with Crippen molar-refractivity contribution in [2.45, 2.75) is 6.04 Å². The molecule has 0 spiro atoms. The Labute approximate surface area is 65.4 Å². The van der Waals surface area contributed by atoms with Crippen molar-refractivity contribution in [1.82, 2.24) is 4.98 Å². The Morgan fingerprint density at radius 3 is 2.73 bits per heavy atom. The second-order valence-corrected chi connectivity index (χ2v) is 2.33. The van der Waals surface area contributed by atoms with Gasteiger partial charge in [-0.1, -0.05) is 6.07 Å². The van der Waals surface area contributed by atoms with E-state index in [4.69, 9.17) is 17.2 Å². The number of anilines is 1. The molecule has 1 atom stereocenters. The maximum absolute atomic E-state index is 5.62. The summed E-state index contributed by atoms with van der Waals surface area (Å²) in [6.07, 6.45) is 0. The lowest BCUT2D eigenvalue weighted by Crippen LogP contribution is -2.21. The molecule has 1 heterocycles. The van der Waals surface area contributed by atoms with Gasteiger partial charge in [-0.2, -0.15) is 0 Å². The highest BCUT2D eigenvalue weighted by molar-refractivity contribution is 5.29. The highest BCUT2D eigenvalue weighted by Crippen LogP contribution is 2.06. The maximum Gasteiger partial charge on any atom is 0.123 e. The smallest absolute Gasteiger partial charge is 0.123 e. The number of hydrogen-bond donors (Lipinski definition) is 3. The molecule has 0 amide bonds. The summed E-state index contributed by atoms with van der Waals surface area (Å²) in [7, 11) is 0. The molecule has 4 nitrogen and oxygen atoms in total. The van der Waals surface area contributed by atoms with Crippen LogP contribution in [0.25, 0.3) is 0 Å². The van der Waals surface area contributed by atoms with E-state index in [0.717, 1.165) is 5.69 Å². The van der Waals surface area contributed by atoms with Crippen LogP contribution in [0.4, 0.5) is 5.82 Å². The van der Waals surface area contributed by atoms with Gasteiger partial charge in [-0.15, -0.1) is 0 Å². The number of pyridine rings is 1. The van der Waals surface area contributed by atoms with Crippen molar-refractivity contribution >= 4 is 5.82 Å². The van der Waals surface area contributed by atoms with Gasteiger partial charge >= 0.3 is 0 Å². The topological polar surface area (TPSA) is 91.0 Å². The van der Waals surface area contributed by atoms with Crippen LogP contribution in [0.2, 0.25) is 0 Å². The Morgan fingerprint density at radius 1 is 1.45 bits per heavy atom. The number of aromatic nitrogens is 1. The van der Waals surface area contributed by atoms with Crippen LogP contribution in [-0.4, -0.2) is 11.5 Å². The van der Waals surface area contributed by atoms with Crippen LogP contribution in [0, 0.1) is 0 Å². The molecule has 11 heavy (non-hydrogen) atoms. The van der Waals surface area contributed by atoms with Crippen molar-refractivity contribution in [2.75, 3.05) is 12.3 Å². The zero-order valence-corrected chi connectivity index (χ0v) is 6.20. The molecule has 0 bridgehead atoms. The Hall–Kier alpha value is -1.13. The monoisotopic (exact) mass is 152 g/mol. The summed E-state index contributed by atoms with van der Waals surface area (Å²) in [5.41, 5.74) is 17.2. The SMILES string of the molecule is NC[C@@H](N)c1cccc(N)n1. The molecule has 0 aliphatic heterocycles. The minimum absolute atomic E-state index is 0.210. The highest BCUT2D eigenvalue weighted by atomic mass is 14.9. The fourth-order valence-electron chi connectivity index (χ4n) is 0.796. The molecule has 6 N–H and O–H groups in total. The highest BCUT2D eigenvalue weighted by Gasteiger charge is 2.03. The van der Waals surface area contributed by atoms with Gasteiger partial charge in [0.15, 0.2) is 0 Å². The second-order valence-electron chi connectivity index (χ2n) is 2.33. The lowest BCUT2D eigenvalue weighted by Gasteiger charge is -2.07. The third-order valence-electron chi connectivity index (χ3n) is 1.43. The average molecular weight is 152 g/mol. The molecule has 4 heteroatoms. The molecule has 60 valence electrons. The first-order valence-electron chi connectivity index (χ1n) is 3.42. The summed E-state index contributed by atoms with van der Waals surface area (Å²) in [5, 5.41) is 0. The van der Waals surface area contributed by atoms with Gasteiger partial charge in [0.05, 0.1) is 11.7 Å². The van der Waals surface area contributed by atoms with Crippen molar-refractivity contribution in [3.63, 3.8) is 0 Å². The standard InChI is InChI=1S/C7H12N4/c8-4-5(9)6-2-1-3-7(10)11-6/h1-3,5H,4,8-9H2,(H2,10,11)/t5-/m1/s1. The third-order valence-corrected chi connectivity index (χ3v) is 1.43. The van der Waals surface area contributed by atoms with Crippen LogP contribution in [-0.2, 0) is 0 Å². The predicted molar refractivity (Wildman–Crippen MR) is 44.6 cm³/mol. The third kappa shape index (κ3) is 1.89. The first kappa shape index (κ1) is 7.97. The van der Waals surface area contributed by atoms with E-state index in [2.05, 4.69) is 4.98 Å². The van der Waals surface area contributed by atoms with Gasteiger partial charge < -0.3 is 17.2 Å². The molecule has 0 aliphatic rings. The van der Waals surface area contributed by atoms with E-state index in [9.17, 15) is 0 Å². The molecule has 1 aromatic rings. The van der Waals surface area contributed by atoms with Crippen LogP contribution in [0.3, 0.4) is 0 Å².